The predicted octanol–water partition coefficient (Wildman–Crippen LogP) is 0.691. The zero-order valence-electron chi connectivity index (χ0n) is 10.8. The van der Waals surface area contributed by atoms with Crippen LogP contribution in [0.15, 0.2) is 30.3 Å². The summed E-state index contributed by atoms with van der Waals surface area (Å²) in [6.45, 7) is 2.69. The van der Waals surface area contributed by atoms with E-state index in [1.54, 1.807) is 0 Å². The van der Waals surface area contributed by atoms with Gasteiger partial charge in [0, 0.05) is 13.2 Å². The number of hydrogen-bond donors (Lipinski definition) is 3. The Balaban J connectivity index is 2.33. The fourth-order valence-corrected chi connectivity index (χ4v) is 1.69. The topological polar surface area (TPSA) is 75.3 Å². The summed E-state index contributed by atoms with van der Waals surface area (Å²) in [5, 5.41) is 11.6. The lowest BCUT2D eigenvalue weighted by atomic mass is 10.1. The van der Waals surface area contributed by atoms with Gasteiger partial charge in [0.05, 0.1) is 6.04 Å². The molecule has 18 heavy (non-hydrogen) atoms. The van der Waals surface area contributed by atoms with Gasteiger partial charge >= 0.3 is 0 Å². The van der Waals surface area contributed by atoms with Crippen molar-refractivity contribution < 1.29 is 9.90 Å². The van der Waals surface area contributed by atoms with Crippen LogP contribution in [0.3, 0.4) is 0 Å². The van der Waals surface area contributed by atoms with E-state index in [4.69, 9.17) is 10.8 Å². The van der Waals surface area contributed by atoms with Gasteiger partial charge in [0.2, 0.25) is 5.91 Å². The largest absolute Gasteiger partial charge is 0.396 e. The molecule has 2 unspecified atom stereocenters. The Kier molecular flexibility index (Phi) is 6.39. The predicted molar refractivity (Wildman–Crippen MR) is 72.0 cm³/mol. The van der Waals surface area contributed by atoms with E-state index in [1.807, 2.05) is 37.3 Å². The molecule has 0 radical (unpaired) electrons. The molecule has 0 saturated heterocycles. The van der Waals surface area contributed by atoms with E-state index in [9.17, 15) is 4.79 Å². The maximum absolute atomic E-state index is 11.8. The number of benzene rings is 1. The molecular formula is C14H22N2O2. The summed E-state index contributed by atoms with van der Waals surface area (Å²) >= 11 is 0. The number of nitrogens with two attached hydrogens (primary N) is 1. The summed E-state index contributed by atoms with van der Waals surface area (Å²) in [6.07, 6.45) is 1.23. The Hall–Kier alpha value is -1.39. The summed E-state index contributed by atoms with van der Waals surface area (Å²) in [5.41, 5.74) is 6.91. The summed E-state index contributed by atoms with van der Waals surface area (Å²) in [6, 6.07) is 9.20. The summed E-state index contributed by atoms with van der Waals surface area (Å²) < 4.78 is 0. The first kappa shape index (κ1) is 14.7. The van der Waals surface area contributed by atoms with E-state index in [2.05, 4.69) is 5.32 Å². The first-order valence-corrected chi connectivity index (χ1v) is 6.31. The van der Waals surface area contributed by atoms with Gasteiger partial charge in [-0.15, -0.1) is 0 Å². The van der Waals surface area contributed by atoms with Crippen LogP contribution in [-0.2, 0) is 11.2 Å². The highest BCUT2D eigenvalue weighted by Gasteiger charge is 2.14. The minimum atomic E-state index is -0.520. The number of carbonyl (C=O) groups excluding carboxylic acids is 1. The number of carbonyl (C=O) groups is 1. The molecule has 1 rings (SSSR count). The van der Waals surface area contributed by atoms with Crippen LogP contribution in [0.5, 0.6) is 0 Å². The number of nitrogens with one attached hydrogen (secondary N) is 1. The highest BCUT2D eigenvalue weighted by molar-refractivity contribution is 5.81. The van der Waals surface area contributed by atoms with Gasteiger partial charge < -0.3 is 16.2 Å². The molecule has 0 aliphatic heterocycles. The van der Waals surface area contributed by atoms with Crippen molar-refractivity contribution in [2.24, 2.45) is 11.7 Å². The third-order valence-electron chi connectivity index (χ3n) is 2.88. The van der Waals surface area contributed by atoms with Gasteiger partial charge in [-0.2, -0.15) is 0 Å². The second kappa shape index (κ2) is 7.84. The van der Waals surface area contributed by atoms with Crippen molar-refractivity contribution in [3.63, 3.8) is 0 Å². The van der Waals surface area contributed by atoms with Crippen LogP contribution in [0.1, 0.15) is 18.9 Å². The van der Waals surface area contributed by atoms with Crippen LogP contribution in [-0.4, -0.2) is 30.2 Å². The lowest BCUT2D eigenvalue weighted by Gasteiger charge is -2.15. The molecule has 0 aromatic heterocycles. The molecule has 0 spiro atoms. The molecule has 0 saturated carbocycles. The average molecular weight is 250 g/mol. The van der Waals surface area contributed by atoms with Crippen LogP contribution in [0.25, 0.3) is 0 Å². The molecule has 4 heteroatoms. The summed E-state index contributed by atoms with van der Waals surface area (Å²) in [4.78, 5) is 11.8. The van der Waals surface area contributed by atoms with Crippen LogP contribution < -0.4 is 11.1 Å². The average Bonchev–Trinajstić information content (AvgIpc) is 2.37. The highest BCUT2D eigenvalue weighted by atomic mass is 16.3. The standard InChI is InChI=1S/C14H22N2O2/c1-11(7-8-17)10-16-14(18)13(15)9-12-5-3-2-4-6-12/h2-6,11,13,17H,7-10,15H2,1H3,(H,16,18). The van der Waals surface area contributed by atoms with Gasteiger partial charge in [-0.05, 0) is 24.3 Å². The lowest BCUT2D eigenvalue weighted by molar-refractivity contribution is -0.122. The van der Waals surface area contributed by atoms with Crippen molar-refractivity contribution in [1.82, 2.24) is 5.32 Å². The van der Waals surface area contributed by atoms with Crippen molar-refractivity contribution in [2.75, 3.05) is 13.2 Å². The van der Waals surface area contributed by atoms with Gasteiger partial charge in [0.25, 0.3) is 0 Å². The molecule has 0 aliphatic carbocycles. The SMILES string of the molecule is CC(CCO)CNC(=O)C(N)Cc1ccccc1. The number of amides is 1. The first-order valence-electron chi connectivity index (χ1n) is 6.31. The number of aliphatic hydroxyl groups is 1. The minimum Gasteiger partial charge on any atom is -0.396 e. The highest BCUT2D eigenvalue weighted by Crippen LogP contribution is 2.02. The van der Waals surface area contributed by atoms with Crippen molar-refractivity contribution in [2.45, 2.75) is 25.8 Å². The molecule has 4 nitrogen and oxygen atoms in total. The Bertz CT molecular complexity index is 354. The molecule has 0 bridgehead atoms. The van der Waals surface area contributed by atoms with Gasteiger partial charge in [-0.3, -0.25) is 4.79 Å². The molecule has 0 fully saturated rings. The third kappa shape index (κ3) is 5.29. The number of aliphatic hydroxyl groups excluding tert-OH is 1. The molecule has 0 heterocycles. The minimum absolute atomic E-state index is 0.136. The molecule has 0 aliphatic rings. The Morgan fingerprint density at radius 3 is 2.67 bits per heavy atom. The maximum Gasteiger partial charge on any atom is 0.237 e. The normalized spacial score (nSPS) is 13.9. The fraction of sp³-hybridized carbons (Fsp3) is 0.500. The molecular weight excluding hydrogens is 228 g/mol. The van der Waals surface area contributed by atoms with Crippen LogP contribution >= 0.6 is 0 Å². The van der Waals surface area contributed by atoms with Gasteiger partial charge in [-0.25, -0.2) is 0 Å². The summed E-state index contributed by atoms with van der Waals surface area (Å²) in [7, 11) is 0. The van der Waals surface area contributed by atoms with E-state index < -0.39 is 6.04 Å². The fourth-order valence-electron chi connectivity index (χ4n) is 1.69. The third-order valence-corrected chi connectivity index (χ3v) is 2.88. The maximum atomic E-state index is 11.8. The van der Waals surface area contributed by atoms with E-state index in [-0.39, 0.29) is 18.4 Å². The van der Waals surface area contributed by atoms with Crippen molar-refractivity contribution in [3.05, 3.63) is 35.9 Å². The lowest BCUT2D eigenvalue weighted by Crippen LogP contribution is -2.43. The van der Waals surface area contributed by atoms with Crippen molar-refractivity contribution in [1.29, 1.82) is 0 Å². The second-order valence-corrected chi connectivity index (χ2v) is 4.66. The molecule has 4 N–H and O–H groups in total. The molecule has 100 valence electrons. The van der Waals surface area contributed by atoms with Crippen molar-refractivity contribution >= 4 is 5.91 Å². The molecule has 1 amide bonds. The molecule has 1 aromatic rings. The van der Waals surface area contributed by atoms with Crippen LogP contribution in [0.4, 0.5) is 0 Å². The van der Waals surface area contributed by atoms with E-state index in [1.165, 1.54) is 0 Å². The first-order chi connectivity index (χ1) is 8.63. The molecule has 2 atom stereocenters. The smallest absolute Gasteiger partial charge is 0.237 e. The van der Waals surface area contributed by atoms with E-state index in [0.717, 1.165) is 5.56 Å². The van der Waals surface area contributed by atoms with Gasteiger partial charge in [-0.1, -0.05) is 37.3 Å². The Labute approximate surface area is 108 Å². The van der Waals surface area contributed by atoms with E-state index >= 15 is 0 Å². The summed E-state index contributed by atoms with van der Waals surface area (Å²) in [5.74, 6) is 0.131. The van der Waals surface area contributed by atoms with E-state index in [0.29, 0.717) is 19.4 Å². The zero-order valence-corrected chi connectivity index (χ0v) is 10.8. The van der Waals surface area contributed by atoms with Gasteiger partial charge in [0.15, 0.2) is 0 Å². The molecule has 1 aromatic carbocycles. The monoisotopic (exact) mass is 250 g/mol. The van der Waals surface area contributed by atoms with Crippen LogP contribution in [0.2, 0.25) is 0 Å². The zero-order chi connectivity index (χ0) is 13.4. The van der Waals surface area contributed by atoms with Gasteiger partial charge in [0.1, 0.15) is 0 Å². The Morgan fingerprint density at radius 1 is 1.39 bits per heavy atom. The van der Waals surface area contributed by atoms with Crippen molar-refractivity contribution in [3.8, 4) is 0 Å². The number of rotatable bonds is 7. The second-order valence-electron chi connectivity index (χ2n) is 4.66. The quantitative estimate of drug-likeness (QED) is 0.666. The van der Waals surface area contributed by atoms with Crippen LogP contribution in [0, 0.1) is 5.92 Å². The number of hydrogen-bond acceptors (Lipinski definition) is 3. The Morgan fingerprint density at radius 2 is 2.06 bits per heavy atom.